The Labute approximate surface area is 170 Å². The maximum absolute atomic E-state index is 12.7. The van der Waals surface area contributed by atoms with Crippen LogP contribution in [0.15, 0.2) is 48.7 Å². The molecule has 29 heavy (non-hydrogen) atoms. The summed E-state index contributed by atoms with van der Waals surface area (Å²) >= 11 is 0. The number of nitrogens with one attached hydrogen (secondary N) is 3. The second-order valence-corrected chi connectivity index (χ2v) is 7.18. The summed E-state index contributed by atoms with van der Waals surface area (Å²) in [6, 6.07) is 11.7. The van der Waals surface area contributed by atoms with E-state index in [9.17, 15) is 9.59 Å². The molecule has 1 aliphatic rings. The standard InChI is InChI=1S/C21H27N5O3/c1-15(2)19(25-21(28)24-16-6-4-3-5-7-16)20(27)23-17-8-9-18(22-14-17)26-10-12-29-13-11-26/h3-9,14-15,19H,10-13H2,1-2H3,(H,23,27)(H2,24,25,28). The van der Waals surface area contributed by atoms with Gasteiger partial charge in [-0.25, -0.2) is 9.78 Å². The molecule has 1 aliphatic heterocycles. The predicted octanol–water partition coefficient (Wildman–Crippen LogP) is 2.70. The number of hydrogen-bond donors (Lipinski definition) is 3. The summed E-state index contributed by atoms with van der Waals surface area (Å²) < 4.78 is 5.35. The van der Waals surface area contributed by atoms with Gasteiger partial charge in [-0.3, -0.25) is 4.79 Å². The number of nitrogens with zero attached hydrogens (tertiary/aromatic N) is 2. The Kier molecular flexibility index (Phi) is 7.02. The number of morpholine rings is 1. The Balaban J connectivity index is 1.58. The first-order valence-corrected chi connectivity index (χ1v) is 9.75. The SMILES string of the molecule is CC(C)C(NC(=O)Nc1ccccc1)C(=O)Nc1ccc(N2CCOCC2)nc1. The number of carbonyl (C=O) groups excluding carboxylic acids is 2. The summed E-state index contributed by atoms with van der Waals surface area (Å²) in [5.74, 6) is 0.480. The molecule has 3 amide bonds. The van der Waals surface area contributed by atoms with E-state index in [4.69, 9.17) is 4.74 Å². The van der Waals surface area contributed by atoms with E-state index in [2.05, 4.69) is 25.8 Å². The van der Waals surface area contributed by atoms with E-state index in [0.29, 0.717) is 24.6 Å². The molecule has 2 aromatic rings. The summed E-state index contributed by atoms with van der Waals surface area (Å²) in [7, 11) is 0. The van der Waals surface area contributed by atoms with E-state index in [1.807, 2.05) is 44.2 Å². The van der Waals surface area contributed by atoms with Crippen molar-refractivity contribution in [1.29, 1.82) is 0 Å². The largest absolute Gasteiger partial charge is 0.378 e. The summed E-state index contributed by atoms with van der Waals surface area (Å²) in [5.41, 5.74) is 1.25. The first kappa shape index (κ1) is 20.6. The van der Waals surface area contributed by atoms with Gasteiger partial charge in [-0.2, -0.15) is 0 Å². The van der Waals surface area contributed by atoms with Crippen molar-refractivity contribution in [3.05, 3.63) is 48.7 Å². The Bertz CT molecular complexity index is 805. The smallest absolute Gasteiger partial charge is 0.319 e. The lowest BCUT2D eigenvalue weighted by molar-refractivity contribution is -0.118. The van der Waals surface area contributed by atoms with Gasteiger partial charge in [0.2, 0.25) is 5.91 Å². The molecule has 1 aromatic carbocycles. The number of ether oxygens (including phenoxy) is 1. The lowest BCUT2D eigenvalue weighted by Gasteiger charge is -2.27. The van der Waals surface area contributed by atoms with Crippen molar-refractivity contribution in [2.75, 3.05) is 41.8 Å². The topological polar surface area (TPSA) is 95.6 Å². The fourth-order valence-electron chi connectivity index (χ4n) is 3.02. The normalized spacial score (nSPS) is 14.9. The van der Waals surface area contributed by atoms with E-state index in [-0.39, 0.29) is 11.8 Å². The molecule has 154 valence electrons. The quantitative estimate of drug-likeness (QED) is 0.697. The molecule has 1 unspecified atom stereocenters. The number of amides is 3. The van der Waals surface area contributed by atoms with Crippen LogP contribution in [0.2, 0.25) is 0 Å². The van der Waals surface area contributed by atoms with Crippen molar-refractivity contribution in [2.24, 2.45) is 5.92 Å². The predicted molar refractivity (Wildman–Crippen MR) is 113 cm³/mol. The molecule has 1 atom stereocenters. The molecule has 0 saturated carbocycles. The van der Waals surface area contributed by atoms with Crippen LogP contribution in [0.1, 0.15) is 13.8 Å². The molecule has 3 N–H and O–H groups in total. The number of carbonyl (C=O) groups is 2. The van der Waals surface area contributed by atoms with Gasteiger partial charge >= 0.3 is 6.03 Å². The number of anilines is 3. The van der Waals surface area contributed by atoms with Crippen LogP contribution in [0.3, 0.4) is 0 Å². The molecule has 8 nitrogen and oxygen atoms in total. The molecule has 0 aliphatic carbocycles. The van der Waals surface area contributed by atoms with Crippen molar-refractivity contribution in [1.82, 2.24) is 10.3 Å². The second-order valence-electron chi connectivity index (χ2n) is 7.18. The molecule has 1 saturated heterocycles. The Morgan fingerprint density at radius 2 is 1.72 bits per heavy atom. The number of rotatable bonds is 6. The number of pyridine rings is 1. The lowest BCUT2D eigenvalue weighted by atomic mass is 10.0. The van der Waals surface area contributed by atoms with Gasteiger partial charge in [0.25, 0.3) is 0 Å². The van der Waals surface area contributed by atoms with Gasteiger partial charge < -0.3 is 25.6 Å². The van der Waals surface area contributed by atoms with Crippen LogP contribution in [0, 0.1) is 5.92 Å². The number of para-hydroxylation sites is 1. The Morgan fingerprint density at radius 1 is 1.00 bits per heavy atom. The number of urea groups is 1. The minimum absolute atomic E-state index is 0.0860. The highest BCUT2D eigenvalue weighted by molar-refractivity contribution is 5.99. The molecule has 0 radical (unpaired) electrons. The van der Waals surface area contributed by atoms with E-state index in [1.54, 1.807) is 18.3 Å². The molecule has 1 fully saturated rings. The van der Waals surface area contributed by atoms with E-state index < -0.39 is 12.1 Å². The third-order valence-electron chi connectivity index (χ3n) is 4.62. The van der Waals surface area contributed by atoms with Gasteiger partial charge in [0.1, 0.15) is 11.9 Å². The minimum Gasteiger partial charge on any atom is -0.378 e. The monoisotopic (exact) mass is 397 g/mol. The Morgan fingerprint density at radius 3 is 2.34 bits per heavy atom. The molecule has 2 heterocycles. The average Bonchev–Trinajstić information content (AvgIpc) is 2.73. The number of aromatic nitrogens is 1. The van der Waals surface area contributed by atoms with Crippen LogP contribution in [-0.2, 0) is 9.53 Å². The van der Waals surface area contributed by atoms with Gasteiger partial charge in [0, 0.05) is 18.8 Å². The van der Waals surface area contributed by atoms with Crippen LogP contribution in [0.5, 0.6) is 0 Å². The first-order chi connectivity index (χ1) is 14.0. The molecule has 1 aromatic heterocycles. The maximum atomic E-state index is 12.7. The second kappa shape index (κ2) is 9.88. The summed E-state index contributed by atoms with van der Waals surface area (Å²) in [5, 5.41) is 8.31. The first-order valence-electron chi connectivity index (χ1n) is 9.75. The maximum Gasteiger partial charge on any atom is 0.319 e. The van der Waals surface area contributed by atoms with Crippen LogP contribution in [0.25, 0.3) is 0 Å². The Hall–Kier alpha value is -3.13. The van der Waals surface area contributed by atoms with Crippen molar-refractivity contribution in [3.8, 4) is 0 Å². The fraction of sp³-hybridized carbons (Fsp3) is 0.381. The third-order valence-corrected chi connectivity index (χ3v) is 4.62. The van der Waals surface area contributed by atoms with Crippen LogP contribution < -0.4 is 20.9 Å². The highest BCUT2D eigenvalue weighted by Gasteiger charge is 2.24. The van der Waals surface area contributed by atoms with Gasteiger partial charge in [0.15, 0.2) is 0 Å². The van der Waals surface area contributed by atoms with Crippen molar-refractivity contribution in [3.63, 3.8) is 0 Å². The van der Waals surface area contributed by atoms with Crippen molar-refractivity contribution >= 4 is 29.1 Å². The van der Waals surface area contributed by atoms with E-state index >= 15 is 0 Å². The van der Waals surface area contributed by atoms with Crippen LogP contribution in [-0.4, -0.2) is 49.3 Å². The van der Waals surface area contributed by atoms with E-state index in [1.165, 1.54) is 0 Å². The number of hydrogen-bond acceptors (Lipinski definition) is 5. The zero-order valence-electron chi connectivity index (χ0n) is 16.7. The summed E-state index contributed by atoms with van der Waals surface area (Å²) in [6.07, 6.45) is 1.63. The third kappa shape index (κ3) is 5.92. The van der Waals surface area contributed by atoms with Gasteiger partial charge in [0.05, 0.1) is 25.1 Å². The van der Waals surface area contributed by atoms with Crippen LogP contribution >= 0.6 is 0 Å². The highest BCUT2D eigenvalue weighted by atomic mass is 16.5. The lowest BCUT2D eigenvalue weighted by Crippen LogP contribution is -2.48. The molecule has 8 heteroatoms. The molecule has 0 bridgehead atoms. The summed E-state index contributed by atoms with van der Waals surface area (Å²) in [6.45, 7) is 6.74. The molecule has 3 rings (SSSR count). The average molecular weight is 397 g/mol. The molecular formula is C21H27N5O3. The molecular weight excluding hydrogens is 370 g/mol. The van der Waals surface area contributed by atoms with Gasteiger partial charge in [-0.1, -0.05) is 32.0 Å². The zero-order chi connectivity index (χ0) is 20.6. The number of benzene rings is 1. The van der Waals surface area contributed by atoms with Crippen molar-refractivity contribution in [2.45, 2.75) is 19.9 Å². The van der Waals surface area contributed by atoms with Crippen LogP contribution in [0.4, 0.5) is 22.0 Å². The summed E-state index contributed by atoms with van der Waals surface area (Å²) in [4.78, 5) is 31.6. The van der Waals surface area contributed by atoms with Gasteiger partial charge in [-0.05, 0) is 30.2 Å². The fourth-order valence-corrected chi connectivity index (χ4v) is 3.02. The molecule has 0 spiro atoms. The minimum atomic E-state index is -0.683. The van der Waals surface area contributed by atoms with Gasteiger partial charge in [-0.15, -0.1) is 0 Å². The van der Waals surface area contributed by atoms with E-state index in [0.717, 1.165) is 18.9 Å². The highest BCUT2D eigenvalue weighted by Crippen LogP contribution is 2.16. The van der Waals surface area contributed by atoms with Crippen molar-refractivity contribution < 1.29 is 14.3 Å². The zero-order valence-corrected chi connectivity index (χ0v) is 16.7.